The van der Waals surface area contributed by atoms with E-state index in [1.807, 2.05) is 30.3 Å². The fraction of sp³-hybridized carbons (Fsp3) is 0.286. The van der Waals surface area contributed by atoms with Crippen LogP contribution < -0.4 is 10.6 Å². The number of ether oxygens (including phenoxy) is 2. The van der Waals surface area contributed by atoms with Crippen LogP contribution in [-0.4, -0.2) is 68.7 Å². The molecule has 258 valence electrons. The molecule has 3 N–H and O–H groups in total. The average molecular weight is 680 g/mol. The molecule has 0 saturated heterocycles. The molecule has 0 bridgehead atoms. The van der Waals surface area contributed by atoms with Crippen molar-refractivity contribution >= 4 is 30.1 Å². The number of methoxy groups -OCH3 is 2. The zero-order valence-electron chi connectivity index (χ0n) is 27.7. The fourth-order valence-electron chi connectivity index (χ4n) is 5.61. The second-order valence-corrected chi connectivity index (χ2v) is 11.7. The number of nitrogens with two attached hydrogens (primary N) is 1. The molecule has 0 saturated carbocycles. The third kappa shape index (κ3) is 9.02. The van der Waals surface area contributed by atoms with Gasteiger partial charge in [0.05, 0.1) is 57.6 Å². The monoisotopic (exact) mass is 679 g/mol. The Bertz CT molecular complexity index is 1770. The van der Waals surface area contributed by atoms with Gasteiger partial charge in [-0.15, -0.1) is 0 Å². The van der Waals surface area contributed by atoms with Gasteiger partial charge in [0.25, 0.3) is 6.47 Å². The molecule has 0 radical (unpaired) electrons. The highest BCUT2D eigenvalue weighted by atomic mass is 19.4. The summed E-state index contributed by atoms with van der Waals surface area (Å²) < 4.78 is 50.3. The molecular weight excluding hydrogens is 641 g/mol. The molecule has 0 aliphatic carbocycles. The summed E-state index contributed by atoms with van der Waals surface area (Å²) >= 11 is 0. The summed E-state index contributed by atoms with van der Waals surface area (Å²) in [5.41, 5.74) is 7.30. The van der Waals surface area contributed by atoms with Gasteiger partial charge in [-0.25, -0.2) is 9.59 Å². The Hall–Kier alpha value is -5.68. The lowest BCUT2D eigenvalue weighted by Crippen LogP contribution is -2.55. The SMILES string of the molecule is COC(=O)C1=C(C)N(c2cccc(C(F)(F)F)c2)C(=N)N(C(N)=O)[C@@H]1c1ccc(C#N)cc1CC[N+](C)(C)Cc1ccccc1.COC=O. The van der Waals surface area contributed by atoms with Crippen LogP contribution in [0.4, 0.5) is 23.7 Å². The van der Waals surface area contributed by atoms with E-state index >= 15 is 0 Å². The molecule has 2 amide bonds. The maximum Gasteiger partial charge on any atom is 0.416 e. The quantitative estimate of drug-likeness (QED) is 0.172. The van der Waals surface area contributed by atoms with Crippen molar-refractivity contribution in [3.8, 4) is 6.07 Å². The van der Waals surface area contributed by atoms with Gasteiger partial charge in [-0.05, 0) is 48.4 Å². The summed E-state index contributed by atoms with van der Waals surface area (Å²) in [5.74, 6) is -1.41. The third-order valence-corrected chi connectivity index (χ3v) is 7.87. The number of benzene rings is 3. The zero-order valence-corrected chi connectivity index (χ0v) is 27.7. The summed E-state index contributed by atoms with van der Waals surface area (Å²) in [5, 5.41) is 18.7. The number of esters is 1. The number of rotatable bonds is 9. The zero-order chi connectivity index (χ0) is 36.5. The number of alkyl halides is 3. The standard InChI is InChI=1S/C33H33F3N6O3.C2H4O2/c1-21-28(30(43)45-4)29(41(32(39)44)31(38)40(21)26-12-8-11-25(18-26)33(34,35)36)27-14-13-23(19-37)17-24(27)15-16-42(2,3)20-22-9-6-5-7-10-22;1-4-2-3/h5-14,17-18,29,38H,15-16,20H2,1-4H3,(H-,39,44);2H,1H3/p+1/t29-;/m1./s1. The summed E-state index contributed by atoms with van der Waals surface area (Å²) in [6.45, 7) is 3.16. The molecule has 0 spiro atoms. The predicted octanol–water partition coefficient (Wildman–Crippen LogP) is 5.51. The highest BCUT2D eigenvalue weighted by Crippen LogP contribution is 2.42. The van der Waals surface area contributed by atoms with Crippen molar-refractivity contribution in [2.24, 2.45) is 5.73 Å². The number of anilines is 1. The number of carbonyl (C=O) groups excluding carboxylic acids is 3. The Morgan fingerprint density at radius 3 is 2.27 bits per heavy atom. The molecule has 3 aromatic rings. The van der Waals surface area contributed by atoms with Crippen molar-refractivity contribution in [2.45, 2.75) is 32.1 Å². The van der Waals surface area contributed by atoms with Crippen LogP contribution in [0.25, 0.3) is 0 Å². The topological polar surface area (TPSA) is 150 Å². The minimum absolute atomic E-state index is 0.0872. The van der Waals surface area contributed by atoms with Crippen LogP contribution in [0.1, 0.15) is 40.8 Å². The number of nitrogens with zero attached hydrogens (tertiary/aromatic N) is 4. The number of urea groups is 1. The van der Waals surface area contributed by atoms with E-state index in [1.165, 1.54) is 32.2 Å². The van der Waals surface area contributed by atoms with Gasteiger partial charge in [0.2, 0.25) is 5.96 Å². The number of nitrogens with one attached hydrogen (secondary N) is 1. The Morgan fingerprint density at radius 1 is 1.06 bits per heavy atom. The van der Waals surface area contributed by atoms with E-state index < -0.39 is 35.7 Å². The van der Waals surface area contributed by atoms with Crippen LogP contribution in [0.5, 0.6) is 0 Å². The van der Waals surface area contributed by atoms with Gasteiger partial charge >= 0.3 is 18.2 Å². The number of primary amides is 1. The first-order valence-corrected chi connectivity index (χ1v) is 14.9. The molecule has 14 heteroatoms. The van der Waals surface area contributed by atoms with E-state index in [2.05, 4.69) is 24.9 Å². The van der Waals surface area contributed by atoms with Crippen LogP contribution in [0.15, 0.2) is 84.1 Å². The smallest absolute Gasteiger partial charge is 0.416 e. The van der Waals surface area contributed by atoms with E-state index in [1.54, 1.807) is 12.1 Å². The van der Waals surface area contributed by atoms with Crippen LogP contribution >= 0.6 is 0 Å². The Balaban J connectivity index is 0.00000154. The lowest BCUT2D eigenvalue weighted by Gasteiger charge is -2.43. The minimum Gasteiger partial charge on any atom is -0.471 e. The maximum atomic E-state index is 13.6. The van der Waals surface area contributed by atoms with Crippen molar-refractivity contribution in [3.05, 3.63) is 112 Å². The molecule has 0 aromatic heterocycles. The lowest BCUT2D eigenvalue weighted by atomic mass is 9.87. The number of quaternary nitrogens is 1. The molecule has 0 unspecified atom stereocenters. The van der Waals surface area contributed by atoms with Gasteiger partial charge in [0.15, 0.2) is 0 Å². The van der Waals surface area contributed by atoms with Crippen LogP contribution in [0.3, 0.4) is 0 Å². The first-order valence-electron chi connectivity index (χ1n) is 14.9. The van der Waals surface area contributed by atoms with Gasteiger partial charge in [-0.2, -0.15) is 18.4 Å². The molecule has 1 aliphatic rings. The van der Waals surface area contributed by atoms with E-state index in [0.717, 1.165) is 34.6 Å². The van der Waals surface area contributed by atoms with Crippen molar-refractivity contribution in [1.29, 1.82) is 10.7 Å². The van der Waals surface area contributed by atoms with Crippen molar-refractivity contribution in [3.63, 3.8) is 0 Å². The predicted molar refractivity (Wildman–Crippen MR) is 176 cm³/mol. The molecule has 3 aromatic carbocycles. The minimum atomic E-state index is -4.67. The number of likely N-dealkylation sites (N-methyl/N-ethyl adjacent to an activating group) is 1. The second-order valence-electron chi connectivity index (χ2n) is 11.7. The van der Waals surface area contributed by atoms with Gasteiger partial charge in [-0.3, -0.25) is 20.0 Å². The average Bonchev–Trinajstić information content (AvgIpc) is 3.06. The van der Waals surface area contributed by atoms with Gasteiger partial charge in [-0.1, -0.05) is 42.5 Å². The first kappa shape index (κ1) is 37.8. The Kier molecular flexibility index (Phi) is 12.3. The maximum absolute atomic E-state index is 13.6. The van der Waals surface area contributed by atoms with Crippen LogP contribution in [-0.2, 0) is 38.2 Å². The van der Waals surface area contributed by atoms with Gasteiger partial charge in [0, 0.05) is 23.4 Å². The summed E-state index contributed by atoms with van der Waals surface area (Å²) in [6, 6.07) is 18.7. The molecule has 1 atom stereocenters. The normalized spacial score (nSPS) is 14.8. The Morgan fingerprint density at radius 2 is 1.71 bits per heavy atom. The van der Waals surface area contributed by atoms with Crippen molar-refractivity contribution in [1.82, 2.24) is 4.90 Å². The molecule has 1 heterocycles. The fourth-order valence-corrected chi connectivity index (χ4v) is 5.61. The molecular formula is C35H38F3N6O5+. The molecule has 4 rings (SSSR count). The van der Waals surface area contributed by atoms with Crippen molar-refractivity contribution in [2.75, 3.05) is 39.8 Å². The van der Waals surface area contributed by atoms with E-state index in [9.17, 15) is 28.0 Å². The molecule has 11 nitrogen and oxygen atoms in total. The van der Waals surface area contributed by atoms with Gasteiger partial charge in [0.1, 0.15) is 12.6 Å². The summed E-state index contributed by atoms with van der Waals surface area (Å²) in [7, 11) is 6.58. The van der Waals surface area contributed by atoms with Gasteiger partial charge < -0.3 is 19.7 Å². The number of nitriles is 1. The van der Waals surface area contributed by atoms with E-state index in [4.69, 9.17) is 20.7 Å². The number of amides is 2. The second kappa shape index (κ2) is 15.9. The van der Waals surface area contributed by atoms with Crippen LogP contribution in [0.2, 0.25) is 0 Å². The third-order valence-electron chi connectivity index (χ3n) is 7.87. The van der Waals surface area contributed by atoms with Crippen LogP contribution in [0, 0.1) is 16.7 Å². The van der Waals surface area contributed by atoms with E-state index in [-0.39, 0.29) is 17.0 Å². The largest absolute Gasteiger partial charge is 0.471 e. The molecule has 0 fully saturated rings. The van der Waals surface area contributed by atoms with Crippen molar-refractivity contribution < 1.29 is 41.5 Å². The summed E-state index contributed by atoms with van der Waals surface area (Å²) in [4.78, 5) is 37.3. The number of carbonyl (C=O) groups is 3. The van der Waals surface area contributed by atoms with E-state index in [0.29, 0.717) is 47.2 Å². The lowest BCUT2D eigenvalue weighted by molar-refractivity contribution is -0.903. The highest BCUT2D eigenvalue weighted by Gasteiger charge is 2.44. The Labute approximate surface area is 282 Å². The number of hydrogen-bond donors (Lipinski definition) is 2. The highest BCUT2D eigenvalue weighted by molar-refractivity contribution is 6.10. The number of guanidine groups is 1. The molecule has 49 heavy (non-hydrogen) atoms. The molecule has 1 aliphatic heterocycles. The summed E-state index contributed by atoms with van der Waals surface area (Å²) in [6.07, 6.45) is -4.25. The number of allylic oxidation sites excluding steroid dienone is 1. The first-order chi connectivity index (χ1) is 23.1. The number of hydrogen-bond acceptors (Lipinski definition) is 7. The number of halogens is 3.